The molecule has 7 atom stereocenters. The van der Waals surface area contributed by atoms with E-state index in [1.807, 2.05) is 25.8 Å². The van der Waals surface area contributed by atoms with E-state index in [1.165, 1.54) is 5.57 Å². The molecule has 0 radical (unpaired) electrons. The van der Waals surface area contributed by atoms with Gasteiger partial charge in [-0.3, -0.25) is 4.79 Å². The molecule has 2 amide bonds. The maximum Gasteiger partial charge on any atom is 0.408 e. The van der Waals surface area contributed by atoms with Crippen molar-refractivity contribution in [3.8, 4) is 0 Å². The Morgan fingerprint density at radius 2 is 1.87 bits per heavy atom. The molecule has 4 rings (SSSR count). The van der Waals surface area contributed by atoms with Crippen molar-refractivity contribution in [1.82, 2.24) is 15.1 Å². The number of hydrogen-bond donors (Lipinski definition) is 1. The van der Waals surface area contributed by atoms with Crippen molar-refractivity contribution < 1.29 is 28.5 Å². The van der Waals surface area contributed by atoms with Crippen LogP contribution in [0.15, 0.2) is 11.6 Å². The number of nitrogens with zero attached hydrogens (tertiary/aromatic N) is 2. The summed E-state index contributed by atoms with van der Waals surface area (Å²) < 4.78 is 24.3. The second-order valence-corrected chi connectivity index (χ2v) is 12.7. The molecular weight excluding hydrogens is 486 g/mol. The van der Waals surface area contributed by atoms with Gasteiger partial charge in [-0.15, -0.1) is 0 Å². The molecule has 0 bridgehead atoms. The van der Waals surface area contributed by atoms with Crippen molar-refractivity contribution in [2.45, 2.75) is 108 Å². The number of piperidine rings is 1. The lowest BCUT2D eigenvalue weighted by Crippen LogP contribution is -2.57. The Balaban J connectivity index is 1.40. The Kier molecular flexibility index (Phi) is 8.82. The van der Waals surface area contributed by atoms with E-state index in [0.29, 0.717) is 13.0 Å². The van der Waals surface area contributed by atoms with E-state index in [0.717, 1.165) is 38.8 Å². The summed E-state index contributed by atoms with van der Waals surface area (Å²) in [5.41, 5.74) is 0.592. The number of likely N-dealkylation sites (tertiary alicyclic amines) is 1. The molecule has 1 spiro atoms. The minimum absolute atomic E-state index is 0.0415. The molecule has 38 heavy (non-hydrogen) atoms. The summed E-state index contributed by atoms with van der Waals surface area (Å²) in [4.78, 5) is 30.7. The van der Waals surface area contributed by atoms with E-state index in [-0.39, 0.29) is 41.6 Å². The van der Waals surface area contributed by atoms with E-state index in [4.69, 9.17) is 18.9 Å². The van der Waals surface area contributed by atoms with E-state index < -0.39 is 23.8 Å². The van der Waals surface area contributed by atoms with Crippen molar-refractivity contribution in [1.29, 1.82) is 0 Å². The number of carbonyl (C=O) groups excluding carboxylic acids is 2. The number of amides is 2. The van der Waals surface area contributed by atoms with Crippen molar-refractivity contribution >= 4 is 12.0 Å². The molecule has 9 nitrogen and oxygen atoms in total. The molecule has 1 aliphatic carbocycles. The second kappa shape index (κ2) is 11.4. The summed E-state index contributed by atoms with van der Waals surface area (Å²) >= 11 is 0. The molecule has 0 aromatic rings. The molecule has 0 aromatic heterocycles. The van der Waals surface area contributed by atoms with E-state index in [2.05, 4.69) is 44.1 Å². The predicted octanol–water partition coefficient (Wildman–Crippen LogP) is 3.37. The smallest absolute Gasteiger partial charge is 0.408 e. The van der Waals surface area contributed by atoms with Crippen LogP contribution >= 0.6 is 0 Å². The lowest BCUT2D eigenvalue weighted by Gasteiger charge is -2.42. The van der Waals surface area contributed by atoms with Gasteiger partial charge in [-0.05, 0) is 78.9 Å². The third kappa shape index (κ3) is 6.06. The summed E-state index contributed by atoms with van der Waals surface area (Å²) in [6, 6.07) is -0.466. The van der Waals surface area contributed by atoms with Gasteiger partial charge < -0.3 is 34.1 Å². The standard InChI is InChI=1S/C29H49N3O6/c1-18(2)9-10-22-28(5,38-22)25-24(35-8)21(11-14-29(25)17-36-29)37-27(34)30-23(19(3)4)26(33)32(7)20-12-15-31(6)16-13-20/h9,19-25H,10-17H2,1-8H3,(H,30,34)/t21-,22-,23-,24-,25?,28+,29+/m1/s1. The molecule has 3 aliphatic heterocycles. The number of allylic oxidation sites excluding steroid dienone is 1. The maximum atomic E-state index is 13.4. The van der Waals surface area contributed by atoms with Gasteiger partial charge in [0.2, 0.25) is 5.91 Å². The molecule has 3 saturated heterocycles. The lowest BCUT2D eigenvalue weighted by atomic mass is 9.68. The van der Waals surface area contributed by atoms with Crippen molar-refractivity contribution in [3.63, 3.8) is 0 Å². The molecule has 3 heterocycles. The highest BCUT2D eigenvalue weighted by Gasteiger charge is 2.72. The monoisotopic (exact) mass is 535 g/mol. The molecular formula is C29H49N3O6. The van der Waals surface area contributed by atoms with Crippen LogP contribution in [-0.4, -0.2) is 104 Å². The topological polar surface area (TPSA) is 96.2 Å². The van der Waals surface area contributed by atoms with Crippen LogP contribution in [-0.2, 0) is 23.7 Å². The molecule has 0 aromatic carbocycles. The van der Waals surface area contributed by atoms with Crippen LogP contribution in [0.25, 0.3) is 0 Å². The fraction of sp³-hybridized carbons (Fsp3) is 0.862. The Morgan fingerprint density at radius 1 is 1.21 bits per heavy atom. The summed E-state index contributed by atoms with van der Waals surface area (Å²) in [6.07, 6.45) is 5.07. The predicted molar refractivity (Wildman–Crippen MR) is 145 cm³/mol. The highest BCUT2D eigenvalue weighted by atomic mass is 16.6. The van der Waals surface area contributed by atoms with Crippen LogP contribution in [0.1, 0.15) is 66.7 Å². The first-order chi connectivity index (χ1) is 17.9. The average Bonchev–Trinajstić information content (AvgIpc) is 3.78. The molecule has 1 N–H and O–H groups in total. The van der Waals surface area contributed by atoms with Crippen LogP contribution in [0, 0.1) is 11.8 Å². The van der Waals surface area contributed by atoms with Gasteiger partial charge in [-0.2, -0.15) is 0 Å². The Morgan fingerprint density at radius 3 is 2.42 bits per heavy atom. The van der Waals surface area contributed by atoms with Gasteiger partial charge >= 0.3 is 6.09 Å². The molecule has 4 fully saturated rings. The number of carbonyl (C=O) groups is 2. The highest BCUT2D eigenvalue weighted by molar-refractivity contribution is 5.86. The van der Waals surface area contributed by atoms with Gasteiger partial charge in [0, 0.05) is 20.2 Å². The zero-order valence-electron chi connectivity index (χ0n) is 24.6. The first-order valence-electron chi connectivity index (χ1n) is 14.3. The van der Waals surface area contributed by atoms with Crippen molar-refractivity contribution in [2.24, 2.45) is 11.8 Å². The Labute approximate surface area is 228 Å². The number of ether oxygens (including phenoxy) is 4. The number of nitrogens with one attached hydrogen (secondary N) is 1. The Hall–Kier alpha value is -1.68. The summed E-state index contributed by atoms with van der Waals surface area (Å²) in [5.74, 6) is -0.179. The minimum atomic E-state index is -0.650. The fourth-order valence-electron chi connectivity index (χ4n) is 6.66. The molecule has 1 unspecified atom stereocenters. The number of epoxide rings is 2. The van der Waals surface area contributed by atoms with Crippen molar-refractivity contribution in [3.05, 3.63) is 11.6 Å². The summed E-state index contributed by atoms with van der Waals surface area (Å²) in [5, 5.41) is 2.90. The van der Waals surface area contributed by atoms with E-state index in [1.54, 1.807) is 7.11 Å². The second-order valence-electron chi connectivity index (χ2n) is 12.7. The average molecular weight is 536 g/mol. The van der Waals surface area contributed by atoms with Crippen LogP contribution in [0.3, 0.4) is 0 Å². The van der Waals surface area contributed by atoms with Crippen molar-refractivity contribution in [2.75, 3.05) is 40.9 Å². The quantitative estimate of drug-likeness (QED) is 0.357. The number of alkyl carbamates (subject to hydrolysis) is 1. The van der Waals surface area contributed by atoms with Gasteiger partial charge in [-0.1, -0.05) is 25.5 Å². The summed E-state index contributed by atoms with van der Waals surface area (Å²) in [7, 11) is 5.62. The van der Waals surface area contributed by atoms with Crippen LogP contribution < -0.4 is 5.32 Å². The first-order valence-corrected chi connectivity index (χ1v) is 14.3. The van der Waals surface area contributed by atoms with Gasteiger partial charge in [0.25, 0.3) is 0 Å². The maximum absolute atomic E-state index is 13.4. The fourth-order valence-corrected chi connectivity index (χ4v) is 6.66. The van der Waals surface area contributed by atoms with Crippen LogP contribution in [0.2, 0.25) is 0 Å². The molecule has 4 aliphatic rings. The lowest BCUT2D eigenvalue weighted by molar-refractivity contribution is -0.136. The SMILES string of the molecule is CO[C@H]1C([C@@]2(C)O[C@@H]2CC=C(C)C)[C@]2(CC[C@H]1OC(=O)N[C@@H](C(=O)N(C)C1CCN(C)CC1)C(C)C)CO2. The number of likely N-dealkylation sites (N-methyl/N-ethyl adjacent to an activating group) is 1. The van der Waals surface area contributed by atoms with E-state index >= 15 is 0 Å². The molecule has 1 saturated carbocycles. The van der Waals surface area contributed by atoms with E-state index in [9.17, 15) is 9.59 Å². The highest BCUT2D eigenvalue weighted by Crippen LogP contribution is 2.59. The minimum Gasteiger partial charge on any atom is -0.443 e. The van der Waals surface area contributed by atoms with Gasteiger partial charge in [-0.25, -0.2) is 4.79 Å². The number of hydrogen-bond acceptors (Lipinski definition) is 7. The Bertz CT molecular complexity index is 893. The third-order valence-corrected chi connectivity index (χ3v) is 9.28. The normalized spacial score (nSPS) is 36.0. The molecule has 9 heteroatoms. The van der Waals surface area contributed by atoms with Gasteiger partial charge in [0.1, 0.15) is 29.5 Å². The number of methoxy groups -OCH3 is 1. The number of rotatable bonds is 9. The largest absolute Gasteiger partial charge is 0.443 e. The van der Waals surface area contributed by atoms with Gasteiger partial charge in [0.05, 0.1) is 18.6 Å². The third-order valence-electron chi connectivity index (χ3n) is 9.28. The van der Waals surface area contributed by atoms with Gasteiger partial charge in [0.15, 0.2) is 0 Å². The van der Waals surface area contributed by atoms with Crippen LogP contribution in [0.5, 0.6) is 0 Å². The first kappa shape index (κ1) is 29.3. The van der Waals surface area contributed by atoms with Crippen LogP contribution in [0.4, 0.5) is 4.79 Å². The summed E-state index contributed by atoms with van der Waals surface area (Å²) in [6.45, 7) is 12.8. The zero-order valence-corrected chi connectivity index (χ0v) is 24.6. The zero-order chi connectivity index (χ0) is 27.8. The molecule has 216 valence electrons.